The van der Waals surface area contributed by atoms with Gasteiger partial charge in [-0.2, -0.15) is 0 Å². The summed E-state index contributed by atoms with van der Waals surface area (Å²) in [5, 5.41) is 11.9. The highest BCUT2D eigenvalue weighted by molar-refractivity contribution is 5.94. The lowest BCUT2D eigenvalue weighted by molar-refractivity contribution is -0.148. The van der Waals surface area contributed by atoms with Crippen molar-refractivity contribution >= 4 is 17.6 Å². The highest BCUT2D eigenvalue weighted by Crippen LogP contribution is 2.21. The molecule has 0 aromatic heterocycles. The molecule has 0 aliphatic heterocycles. The van der Waals surface area contributed by atoms with Crippen molar-refractivity contribution in [3.05, 3.63) is 65.7 Å². The minimum Gasteiger partial charge on any atom is -0.481 e. The second-order valence-corrected chi connectivity index (χ2v) is 6.90. The number of rotatable bonds is 9. The molecule has 2 rings (SSSR count). The van der Waals surface area contributed by atoms with Crippen molar-refractivity contribution < 1.29 is 19.4 Å². The Bertz CT molecular complexity index is 741. The maximum atomic E-state index is 12.1. The van der Waals surface area contributed by atoms with E-state index in [0.717, 1.165) is 12.0 Å². The van der Waals surface area contributed by atoms with Crippen LogP contribution in [-0.2, 0) is 27.4 Å². The summed E-state index contributed by atoms with van der Waals surface area (Å²) in [6.45, 7) is 4.14. The number of carbonyl (C=O) groups excluding carboxylic acids is 1. The van der Waals surface area contributed by atoms with Gasteiger partial charge >= 0.3 is 5.97 Å². The third kappa shape index (κ3) is 6.33. The van der Waals surface area contributed by atoms with Crippen LogP contribution in [0.1, 0.15) is 31.4 Å². The molecule has 0 fully saturated rings. The van der Waals surface area contributed by atoms with Crippen LogP contribution in [0.2, 0.25) is 0 Å². The minimum absolute atomic E-state index is 0.0832. The maximum absolute atomic E-state index is 12.1. The van der Waals surface area contributed by atoms with Gasteiger partial charge in [0.05, 0.1) is 18.6 Å². The number of hydrogen-bond donors (Lipinski definition) is 2. The summed E-state index contributed by atoms with van der Waals surface area (Å²) in [5.74, 6) is -1.31. The third-order valence-corrected chi connectivity index (χ3v) is 4.04. The number of amides is 1. The molecule has 5 nitrogen and oxygen atoms in total. The SMILES string of the molecule is CC(C)(CC(=O)Nc1cccc(COCCc2ccccc2)c1)C(=O)O. The molecular formula is C21H25NO4. The van der Waals surface area contributed by atoms with Crippen molar-refractivity contribution in [3.8, 4) is 0 Å². The van der Waals surface area contributed by atoms with Gasteiger partial charge < -0.3 is 15.2 Å². The average molecular weight is 355 g/mol. The highest BCUT2D eigenvalue weighted by Gasteiger charge is 2.30. The van der Waals surface area contributed by atoms with Gasteiger partial charge in [0.15, 0.2) is 0 Å². The summed E-state index contributed by atoms with van der Waals surface area (Å²) >= 11 is 0. The molecule has 0 saturated heterocycles. The van der Waals surface area contributed by atoms with Crippen LogP contribution < -0.4 is 5.32 Å². The second kappa shape index (κ2) is 9.15. The fourth-order valence-corrected chi connectivity index (χ4v) is 2.45. The summed E-state index contributed by atoms with van der Waals surface area (Å²) in [6, 6.07) is 17.5. The van der Waals surface area contributed by atoms with E-state index >= 15 is 0 Å². The first-order chi connectivity index (χ1) is 12.4. The van der Waals surface area contributed by atoms with E-state index in [9.17, 15) is 9.59 Å². The van der Waals surface area contributed by atoms with E-state index in [1.165, 1.54) is 19.4 Å². The molecular weight excluding hydrogens is 330 g/mol. The molecule has 5 heteroatoms. The monoisotopic (exact) mass is 355 g/mol. The van der Waals surface area contributed by atoms with E-state index in [1.807, 2.05) is 36.4 Å². The Morgan fingerprint density at radius 1 is 1.04 bits per heavy atom. The summed E-state index contributed by atoms with van der Waals surface area (Å²) in [7, 11) is 0. The molecule has 0 saturated carbocycles. The van der Waals surface area contributed by atoms with E-state index in [-0.39, 0.29) is 12.3 Å². The Morgan fingerprint density at radius 3 is 2.42 bits per heavy atom. The number of carboxylic acids is 1. The maximum Gasteiger partial charge on any atom is 0.309 e. The van der Waals surface area contributed by atoms with E-state index in [0.29, 0.717) is 18.9 Å². The average Bonchev–Trinajstić information content (AvgIpc) is 2.59. The molecule has 0 aliphatic rings. The zero-order chi connectivity index (χ0) is 19.0. The largest absolute Gasteiger partial charge is 0.481 e. The van der Waals surface area contributed by atoms with Gasteiger partial charge in [0.25, 0.3) is 0 Å². The third-order valence-electron chi connectivity index (χ3n) is 4.04. The molecule has 2 N–H and O–H groups in total. The van der Waals surface area contributed by atoms with Crippen LogP contribution in [0.15, 0.2) is 54.6 Å². The Kier molecular flexibility index (Phi) is 6.92. The van der Waals surface area contributed by atoms with Crippen LogP contribution in [0.25, 0.3) is 0 Å². The molecule has 2 aromatic rings. The number of nitrogens with one attached hydrogen (secondary N) is 1. The number of aliphatic carboxylic acids is 1. The molecule has 0 radical (unpaired) electrons. The van der Waals surface area contributed by atoms with Gasteiger partial charge in [-0.25, -0.2) is 0 Å². The van der Waals surface area contributed by atoms with Crippen molar-refractivity contribution in [2.24, 2.45) is 5.41 Å². The van der Waals surface area contributed by atoms with E-state index in [4.69, 9.17) is 9.84 Å². The predicted molar refractivity (Wildman–Crippen MR) is 101 cm³/mol. The van der Waals surface area contributed by atoms with E-state index in [1.54, 1.807) is 6.07 Å². The first-order valence-electron chi connectivity index (χ1n) is 8.61. The molecule has 138 valence electrons. The van der Waals surface area contributed by atoms with Crippen LogP contribution in [0.5, 0.6) is 0 Å². The van der Waals surface area contributed by atoms with Crippen LogP contribution in [0, 0.1) is 5.41 Å². The Labute approximate surface area is 154 Å². The van der Waals surface area contributed by atoms with Gasteiger partial charge in [0.2, 0.25) is 5.91 Å². The lowest BCUT2D eigenvalue weighted by atomic mass is 9.89. The molecule has 0 bridgehead atoms. The number of carbonyl (C=O) groups is 2. The first kappa shape index (κ1) is 19.7. The van der Waals surface area contributed by atoms with Crippen LogP contribution in [0.3, 0.4) is 0 Å². The lowest BCUT2D eigenvalue weighted by Crippen LogP contribution is -2.29. The topological polar surface area (TPSA) is 75.6 Å². The molecule has 0 unspecified atom stereocenters. The molecule has 0 atom stereocenters. The van der Waals surface area contributed by atoms with E-state index in [2.05, 4.69) is 17.4 Å². The van der Waals surface area contributed by atoms with Crippen molar-refractivity contribution in [1.29, 1.82) is 0 Å². The standard InChI is InChI=1S/C21H25NO4/c1-21(2,20(24)25)14-19(23)22-18-10-6-9-17(13-18)15-26-12-11-16-7-4-3-5-8-16/h3-10,13H,11-12,14-15H2,1-2H3,(H,22,23)(H,24,25). The first-order valence-corrected chi connectivity index (χ1v) is 8.61. The Morgan fingerprint density at radius 2 is 1.73 bits per heavy atom. The summed E-state index contributed by atoms with van der Waals surface area (Å²) in [5.41, 5.74) is 1.73. The number of carboxylic acid groups (broad SMARTS) is 1. The molecule has 1 amide bonds. The van der Waals surface area contributed by atoms with Crippen LogP contribution in [-0.4, -0.2) is 23.6 Å². The molecule has 26 heavy (non-hydrogen) atoms. The van der Waals surface area contributed by atoms with Crippen LogP contribution in [0.4, 0.5) is 5.69 Å². The summed E-state index contributed by atoms with van der Waals surface area (Å²) in [4.78, 5) is 23.2. The fourth-order valence-electron chi connectivity index (χ4n) is 2.45. The number of hydrogen-bond acceptors (Lipinski definition) is 3. The molecule has 2 aromatic carbocycles. The van der Waals surface area contributed by atoms with Crippen LogP contribution >= 0.6 is 0 Å². The van der Waals surface area contributed by atoms with Gasteiger partial charge in [-0.3, -0.25) is 9.59 Å². The van der Waals surface area contributed by atoms with Crippen molar-refractivity contribution in [1.82, 2.24) is 0 Å². The lowest BCUT2D eigenvalue weighted by Gasteiger charge is -2.18. The van der Waals surface area contributed by atoms with Gasteiger partial charge in [0.1, 0.15) is 0 Å². The number of ether oxygens (including phenoxy) is 1. The Hall–Kier alpha value is -2.66. The molecule has 0 spiro atoms. The van der Waals surface area contributed by atoms with Gasteiger partial charge in [-0.1, -0.05) is 42.5 Å². The smallest absolute Gasteiger partial charge is 0.309 e. The second-order valence-electron chi connectivity index (χ2n) is 6.90. The summed E-state index contributed by atoms with van der Waals surface area (Å²) < 4.78 is 5.71. The normalized spacial score (nSPS) is 11.2. The van der Waals surface area contributed by atoms with Crippen molar-refractivity contribution in [3.63, 3.8) is 0 Å². The zero-order valence-electron chi connectivity index (χ0n) is 15.2. The fraction of sp³-hybridized carbons (Fsp3) is 0.333. The van der Waals surface area contributed by atoms with Crippen molar-refractivity contribution in [2.45, 2.75) is 33.3 Å². The minimum atomic E-state index is -1.09. The highest BCUT2D eigenvalue weighted by atomic mass is 16.5. The van der Waals surface area contributed by atoms with Gasteiger partial charge in [-0.15, -0.1) is 0 Å². The van der Waals surface area contributed by atoms with Gasteiger partial charge in [-0.05, 0) is 43.5 Å². The number of anilines is 1. The molecule has 0 heterocycles. The predicted octanol–water partition coefficient (Wildman–Crippen LogP) is 3.89. The van der Waals surface area contributed by atoms with Crippen molar-refractivity contribution in [2.75, 3.05) is 11.9 Å². The van der Waals surface area contributed by atoms with Gasteiger partial charge in [0, 0.05) is 12.1 Å². The van der Waals surface area contributed by atoms with E-state index < -0.39 is 11.4 Å². The summed E-state index contributed by atoms with van der Waals surface area (Å²) in [6.07, 6.45) is 0.766. The Balaban J connectivity index is 1.81. The zero-order valence-corrected chi connectivity index (χ0v) is 15.2. The molecule has 0 aliphatic carbocycles. The quantitative estimate of drug-likeness (QED) is 0.669. The number of benzene rings is 2.